The van der Waals surface area contributed by atoms with E-state index in [0.29, 0.717) is 35.5 Å². The number of carbonyl (C=O) groups is 3. The van der Waals surface area contributed by atoms with Crippen molar-refractivity contribution in [2.75, 3.05) is 31.3 Å². The molecule has 0 amide bonds. The van der Waals surface area contributed by atoms with E-state index < -0.39 is 30.5 Å². The molecule has 0 spiro atoms. The van der Waals surface area contributed by atoms with Crippen LogP contribution >= 0.6 is 0 Å². The van der Waals surface area contributed by atoms with Crippen LogP contribution in [-0.4, -0.2) is 43.9 Å². The highest BCUT2D eigenvalue weighted by Gasteiger charge is 2.26. The van der Waals surface area contributed by atoms with Crippen LogP contribution in [0.15, 0.2) is 72.8 Å². The van der Waals surface area contributed by atoms with Gasteiger partial charge in [-0.15, -0.1) is 0 Å². The average Bonchev–Trinajstić information content (AvgIpc) is 2.96. The maximum Gasteiger partial charge on any atom is 0.389 e. The number of halogens is 3. The third kappa shape index (κ3) is 12.2. The summed E-state index contributed by atoms with van der Waals surface area (Å²) in [4.78, 5) is 36.4. The molecule has 0 unspecified atom stereocenters. The molecule has 0 radical (unpaired) electrons. The van der Waals surface area contributed by atoms with Crippen LogP contribution in [0.5, 0.6) is 11.5 Å². The van der Waals surface area contributed by atoms with E-state index in [1.54, 1.807) is 30.3 Å². The van der Waals surface area contributed by atoms with E-state index in [2.05, 4.69) is 0 Å². The van der Waals surface area contributed by atoms with Crippen LogP contribution in [0.1, 0.15) is 52.0 Å². The number of unbranched alkanes of at least 4 members (excludes halogenated alkanes) is 1. The quantitative estimate of drug-likeness (QED) is 0.0751. The molecule has 0 fully saturated rings. The van der Waals surface area contributed by atoms with E-state index in [-0.39, 0.29) is 43.1 Å². The van der Waals surface area contributed by atoms with E-state index >= 15 is 0 Å². The lowest BCUT2D eigenvalue weighted by molar-refractivity contribution is -0.138. The normalized spacial score (nSPS) is 11.2. The SMILES string of the molecule is Nc1cc(N)cc(C(=O)OCCCCOC(=O)C=Cc2ccc(OC(=O)c3ccc(OCCCC(F)(F)F)cc3)cc2)c1. The molecule has 3 aromatic rings. The zero-order chi connectivity index (χ0) is 31.2. The largest absolute Gasteiger partial charge is 0.494 e. The van der Waals surface area contributed by atoms with Crippen molar-refractivity contribution in [3.63, 3.8) is 0 Å². The Morgan fingerprint density at radius 2 is 1.30 bits per heavy atom. The number of alkyl halides is 3. The van der Waals surface area contributed by atoms with Crippen molar-refractivity contribution in [1.82, 2.24) is 0 Å². The molecule has 0 aliphatic heterocycles. The van der Waals surface area contributed by atoms with Gasteiger partial charge in [-0.05, 0) is 85.5 Å². The van der Waals surface area contributed by atoms with Gasteiger partial charge in [0.25, 0.3) is 0 Å². The molecule has 0 atom stereocenters. The van der Waals surface area contributed by atoms with Crippen LogP contribution in [0.3, 0.4) is 0 Å². The predicted octanol–water partition coefficient (Wildman–Crippen LogP) is 5.99. The molecule has 12 heteroatoms. The van der Waals surface area contributed by atoms with E-state index in [0.717, 1.165) is 0 Å². The van der Waals surface area contributed by atoms with Crippen LogP contribution in [0, 0.1) is 0 Å². The van der Waals surface area contributed by atoms with Gasteiger partial charge in [0, 0.05) is 23.9 Å². The maximum absolute atomic E-state index is 12.4. The zero-order valence-corrected chi connectivity index (χ0v) is 23.1. The fourth-order valence-corrected chi connectivity index (χ4v) is 3.59. The topological polar surface area (TPSA) is 140 Å². The minimum atomic E-state index is -4.23. The van der Waals surface area contributed by atoms with Crippen molar-refractivity contribution >= 4 is 35.4 Å². The molecule has 0 saturated carbocycles. The first-order valence-electron chi connectivity index (χ1n) is 13.3. The van der Waals surface area contributed by atoms with Crippen LogP contribution in [0.2, 0.25) is 0 Å². The summed E-state index contributed by atoms with van der Waals surface area (Å²) in [6, 6.07) is 16.8. The second kappa shape index (κ2) is 15.9. The average molecular weight is 601 g/mol. The highest BCUT2D eigenvalue weighted by atomic mass is 19.4. The molecule has 3 aromatic carbocycles. The summed E-state index contributed by atoms with van der Waals surface area (Å²) in [7, 11) is 0. The van der Waals surface area contributed by atoms with Crippen molar-refractivity contribution in [3.8, 4) is 11.5 Å². The Bertz CT molecular complexity index is 1390. The highest BCUT2D eigenvalue weighted by molar-refractivity contribution is 5.92. The summed E-state index contributed by atoms with van der Waals surface area (Å²) in [6.07, 6.45) is -1.53. The Balaban J connectivity index is 1.33. The van der Waals surface area contributed by atoms with E-state index in [1.807, 2.05) is 0 Å². The molecule has 4 N–H and O–H groups in total. The Hall–Kier alpha value is -5.00. The Kier molecular flexibility index (Phi) is 12.0. The van der Waals surface area contributed by atoms with Crippen LogP contribution < -0.4 is 20.9 Å². The molecule has 3 rings (SSSR count). The summed E-state index contributed by atoms with van der Waals surface area (Å²) in [5, 5.41) is 0. The van der Waals surface area contributed by atoms with Gasteiger partial charge in [0.1, 0.15) is 11.5 Å². The summed E-state index contributed by atoms with van der Waals surface area (Å²) in [5.41, 5.74) is 13.2. The van der Waals surface area contributed by atoms with Gasteiger partial charge in [0.05, 0.1) is 30.9 Å². The number of hydrogen-bond donors (Lipinski definition) is 2. The van der Waals surface area contributed by atoms with E-state index in [1.165, 1.54) is 48.5 Å². The number of carbonyl (C=O) groups excluding carboxylic acids is 3. The lowest BCUT2D eigenvalue weighted by Crippen LogP contribution is -2.10. The van der Waals surface area contributed by atoms with E-state index in [4.69, 9.17) is 30.4 Å². The Labute approximate surface area is 246 Å². The van der Waals surface area contributed by atoms with Gasteiger partial charge in [0.15, 0.2) is 0 Å². The smallest absolute Gasteiger partial charge is 0.389 e. The lowest BCUT2D eigenvalue weighted by atomic mass is 10.2. The summed E-state index contributed by atoms with van der Waals surface area (Å²) in [6.45, 7) is 0.196. The number of benzene rings is 3. The molecule has 0 aromatic heterocycles. The summed E-state index contributed by atoms with van der Waals surface area (Å²) < 4.78 is 57.5. The Morgan fingerprint density at radius 1 is 0.698 bits per heavy atom. The first-order chi connectivity index (χ1) is 20.5. The molecule has 0 saturated heterocycles. The highest BCUT2D eigenvalue weighted by Crippen LogP contribution is 2.22. The number of ether oxygens (including phenoxy) is 4. The molecule has 9 nitrogen and oxygen atoms in total. The van der Waals surface area contributed by atoms with Crippen LogP contribution in [0.4, 0.5) is 24.5 Å². The van der Waals surface area contributed by atoms with Gasteiger partial charge in [-0.1, -0.05) is 12.1 Å². The molecule has 0 heterocycles. The summed E-state index contributed by atoms with van der Waals surface area (Å²) >= 11 is 0. The first-order valence-corrected chi connectivity index (χ1v) is 13.3. The number of nitrogens with two attached hydrogens (primary N) is 2. The monoisotopic (exact) mass is 600 g/mol. The zero-order valence-electron chi connectivity index (χ0n) is 23.1. The van der Waals surface area contributed by atoms with Crippen LogP contribution in [-0.2, 0) is 14.3 Å². The number of hydrogen-bond acceptors (Lipinski definition) is 9. The third-order valence-corrected chi connectivity index (χ3v) is 5.70. The van der Waals surface area contributed by atoms with Crippen LogP contribution in [0.25, 0.3) is 6.08 Å². The first kappa shape index (κ1) is 32.5. The molecular formula is C31H31F3N2O7. The van der Waals surface area contributed by atoms with Crippen molar-refractivity contribution in [2.24, 2.45) is 0 Å². The van der Waals surface area contributed by atoms with Crippen molar-refractivity contribution in [3.05, 3.63) is 89.5 Å². The minimum absolute atomic E-state index is 0.0936. The molecule has 228 valence electrons. The van der Waals surface area contributed by atoms with Crippen molar-refractivity contribution in [1.29, 1.82) is 0 Å². The standard InChI is InChI=1S/C31H31F3N2O7/c32-31(33,34)14-3-17-40-26-11-7-22(8-12-26)30(39)43-27-9-4-21(5-10-27)6-13-28(37)41-15-1-2-16-42-29(38)23-18-24(35)20-25(36)19-23/h4-13,18-20H,1-3,14-17,35-36H2. The van der Waals surface area contributed by atoms with Gasteiger partial charge >= 0.3 is 24.1 Å². The number of nitrogen functional groups attached to an aromatic ring is 2. The van der Waals surface area contributed by atoms with Crippen molar-refractivity contribution < 1.29 is 46.5 Å². The number of rotatable bonds is 14. The predicted molar refractivity (Wildman–Crippen MR) is 153 cm³/mol. The van der Waals surface area contributed by atoms with Gasteiger partial charge < -0.3 is 30.4 Å². The van der Waals surface area contributed by atoms with Crippen molar-refractivity contribution in [2.45, 2.75) is 31.9 Å². The minimum Gasteiger partial charge on any atom is -0.494 e. The molecule has 43 heavy (non-hydrogen) atoms. The van der Waals surface area contributed by atoms with Gasteiger partial charge in [-0.3, -0.25) is 0 Å². The number of esters is 3. The van der Waals surface area contributed by atoms with E-state index in [9.17, 15) is 27.6 Å². The Morgan fingerprint density at radius 3 is 1.93 bits per heavy atom. The second-order valence-corrected chi connectivity index (χ2v) is 9.28. The third-order valence-electron chi connectivity index (χ3n) is 5.70. The molecule has 0 bridgehead atoms. The second-order valence-electron chi connectivity index (χ2n) is 9.28. The summed E-state index contributed by atoms with van der Waals surface area (Å²) in [5.74, 6) is -1.09. The number of anilines is 2. The fourth-order valence-electron chi connectivity index (χ4n) is 3.59. The molecule has 0 aliphatic rings. The van der Waals surface area contributed by atoms with Gasteiger partial charge in [-0.25, -0.2) is 14.4 Å². The maximum atomic E-state index is 12.4. The van der Waals surface area contributed by atoms with Gasteiger partial charge in [0.2, 0.25) is 0 Å². The lowest BCUT2D eigenvalue weighted by Gasteiger charge is -2.09. The molecule has 0 aliphatic carbocycles. The molecular weight excluding hydrogens is 569 g/mol. The fraction of sp³-hybridized carbons (Fsp3) is 0.258. The van der Waals surface area contributed by atoms with Gasteiger partial charge in [-0.2, -0.15) is 13.2 Å².